The van der Waals surface area contributed by atoms with Crippen LogP contribution in [0, 0.1) is 5.82 Å². The second-order valence-corrected chi connectivity index (χ2v) is 9.88. The third kappa shape index (κ3) is 7.77. The molecule has 192 valence electrons. The number of halogens is 2. The molecule has 0 spiro atoms. The lowest BCUT2D eigenvalue weighted by atomic mass is 9.93. The summed E-state index contributed by atoms with van der Waals surface area (Å²) in [4.78, 5) is 12.6. The van der Waals surface area contributed by atoms with E-state index in [4.69, 9.17) is 11.6 Å². The van der Waals surface area contributed by atoms with Crippen LogP contribution in [0.3, 0.4) is 0 Å². The first-order chi connectivity index (χ1) is 17.1. The standard InChI is InChI=1S/C28H32ClFN2O4/c1-28(2,32-16-26(35)20-6-9-25(34)22(13-20)17-33)15-18-4-3-5-21(12-18)27(36)31-11-10-19-14-23(29)7-8-24(19)30/h3-9,12-14,26,32-35H,10-11,15-17H2,1-2H3,(H,31,36)/t26-/m0/s1. The van der Waals surface area contributed by atoms with Crippen LogP contribution in [0.4, 0.5) is 4.39 Å². The topological polar surface area (TPSA) is 102 Å². The lowest BCUT2D eigenvalue weighted by Gasteiger charge is -2.28. The maximum Gasteiger partial charge on any atom is 0.251 e. The van der Waals surface area contributed by atoms with E-state index in [0.29, 0.717) is 40.1 Å². The Morgan fingerprint density at radius 1 is 1.08 bits per heavy atom. The fourth-order valence-electron chi connectivity index (χ4n) is 3.97. The van der Waals surface area contributed by atoms with Gasteiger partial charge in [-0.15, -0.1) is 0 Å². The number of aliphatic hydroxyl groups excluding tert-OH is 2. The van der Waals surface area contributed by atoms with Crippen molar-refractivity contribution < 1.29 is 24.5 Å². The zero-order chi connectivity index (χ0) is 26.3. The van der Waals surface area contributed by atoms with Crippen LogP contribution in [0.5, 0.6) is 5.75 Å². The monoisotopic (exact) mass is 514 g/mol. The Kier molecular flexibility index (Phi) is 9.45. The molecule has 0 aliphatic rings. The molecule has 0 unspecified atom stereocenters. The normalized spacial score (nSPS) is 12.4. The first-order valence-corrected chi connectivity index (χ1v) is 12.1. The molecule has 36 heavy (non-hydrogen) atoms. The number of aliphatic hydroxyl groups is 2. The van der Waals surface area contributed by atoms with Gasteiger partial charge < -0.3 is 26.0 Å². The minimum Gasteiger partial charge on any atom is -0.508 e. The van der Waals surface area contributed by atoms with Crippen molar-refractivity contribution in [3.63, 3.8) is 0 Å². The number of rotatable bonds is 11. The summed E-state index contributed by atoms with van der Waals surface area (Å²) in [5.74, 6) is -0.607. The highest BCUT2D eigenvalue weighted by atomic mass is 35.5. The molecule has 0 aromatic heterocycles. The van der Waals surface area contributed by atoms with Gasteiger partial charge in [-0.1, -0.05) is 29.8 Å². The van der Waals surface area contributed by atoms with E-state index in [1.165, 1.54) is 18.2 Å². The van der Waals surface area contributed by atoms with Crippen molar-refractivity contribution in [1.29, 1.82) is 0 Å². The third-order valence-electron chi connectivity index (χ3n) is 5.96. The predicted molar refractivity (Wildman–Crippen MR) is 139 cm³/mol. The van der Waals surface area contributed by atoms with Crippen LogP contribution < -0.4 is 10.6 Å². The average molecular weight is 515 g/mol. The molecule has 5 N–H and O–H groups in total. The molecule has 6 nitrogen and oxygen atoms in total. The van der Waals surface area contributed by atoms with Gasteiger partial charge in [0.1, 0.15) is 11.6 Å². The molecule has 3 aromatic carbocycles. The summed E-state index contributed by atoms with van der Waals surface area (Å²) in [6.45, 7) is 4.24. The van der Waals surface area contributed by atoms with E-state index in [9.17, 15) is 24.5 Å². The van der Waals surface area contributed by atoms with E-state index < -0.39 is 11.6 Å². The Morgan fingerprint density at radius 3 is 2.61 bits per heavy atom. The Hall–Kier alpha value is -2.97. The number of hydrogen-bond donors (Lipinski definition) is 5. The van der Waals surface area contributed by atoms with Crippen molar-refractivity contribution in [3.8, 4) is 5.75 Å². The van der Waals surface area contributed by atoms with Gasteiger partial charge in [0, 0.05) is 34.8 Å². The van der Waals surface area contributed by atoms with Crippen LogP contribution in [-0.4, -0.2) is 39.9 Å². The Labute approximate surface area is 215 Å². The van der Waals surface area contributed by atoms with E-state index in [1.807, 2.05) is 32.0 Å². The van der Waals surface area contributed by atoms with Gasteiger partial charge in [-0.25, -0.2) is 4.39 Å². The summed E-state index contributed by atoms with van der Waals surface area (Å²) in [7, 11) is 0. The maximum absolute atomic E-state index is 13.9. The molecule has 0 saturated carbocycles. The van der Waals surface area contributed by atoms with E-state index in [-0.39, 0.29) is 37.2 Å². The third-order valence-corrected chi connectivity index (χ3v) is 6.19. The van der Waals surface area contributed by atoms with E-state index in [1.54, 1.807) is 24.3 Å². The number of carbonyl (C=O) groups excluding carboxylic acids is 1. The molecule has 0 aliphatic carbocycles. The molecule has 0 aliphatic heterocycles. The van der Waals surface area contributed by atoms with Crippen LogP contribution in [0.1, 0.15) is 52.6 Å². The van der Waals surface area contributed by atoms with Gasteiger partial charge in [0.05, 0.1) is 12.7 Å². The van der Waals surface area contributed by atoms with Crippen LogP contribution >= 0.6 is 11.6 Å². The molecule has 0 bridgehead atoms. The van der Waals surface area contributed by atoms with Gasteiger partial charge in [0.2, 0.25) is 0 Å². The van der Waals surface area contributed by atoms with E-state index >= 15 is 0 Å². The van der Waals surface area contributed by atoms with Crippen LogP contribution in [0.25, 0.3) is 0 Å². The zero-order valence-electron chi connectivity index (χ0n) is 20.4. The van der Waals surface area contributed by atoms with E-state index in [2.05, 4.69) is 10.6 Å². The van der Waals surface area contributed by atoms with Gasteiger partial charge in [0.25, 0.3) is 5.91 Å². The summed E-state index contributed by atoms with van der Waals surface area (Å²) in [6.07, 6.45) is 0.112. The molecule has 1 atom stereocenters. The molecule has 3 rings (SSSR count). The number of amides is 1. The largest absolute Gasteiger partial charge is 0.508 e. The summed E-state index contributed by atoms with van der Waals surface area (Å²) >= 11 is 5.92. The summed E-state index contributed by atoms with van der Waals surface area (Å²) < 4.78 is 13.9. The highest BCUT2D eigenvalue weighted by molar-refractivity contribution is 6.30. The van der Waals surface area contributed by atoms with Crippen LogP contribution in [0.15, 0.2) is 60.7 Å². The number of nitrogens with one attached hydrogen (secondary N) is 2. The van der Waals surface area contributed by atoms with Crippen molar-refractivity contribution in [3.05, 3.63) is 99.3 Å². The molecule has 3 aromatic rings. The van der Waals surface area contributed by atoms with Crippen LogP contribution in [0.2, 0.25) is 5.02 Å². The number of hydrogen-bond acceptors (Lipinski definition) is 5. The molecule has 0 heterocycles. The van der Waals surface area contributed by atoms with Crippen molar-refractivity contribution in [1.82, 2.24) is 10.6 Å². The van der Waals surface area contributed by atoms with E-state index in [0.717, 1.165) is 5.56 Å². The molecule has 0 radical (unpaired) electrons. The predicted octanol–water partition coefficient (Wildman–Crippen LogP) is 4.29. The van der Waals surface area contributed by atoms with Crippen LogP contribution in [-0.2, 0) is 19.4 Å². The summed E-state index contributed by atoms with van der Waals surface area (Å²) in [5.41, 5.74) is 2.47. The van der Waals surface area contributed by atoms with Crippen molar-refractivity contribution in [2.24, 2.45) is 0 Å². The quantitative estimate of drug-likeness (QED) is 0.263. The molecular weight excluding hydrogens is 483 g/mol. The smallest absolute Gasteiger partial charge is 0.251 e. The fourth-order valence-corrected chi connectivity index (χ4v) is 4.17. The molecule has 8 heteroatoms. The summed E-state index contributed by atoms with van der Waals surface area (Å²) in [6, 6.07) is 16.3. The lowest BCUT2D eigenvalue weighted by molar-refractivity contribution is 0.0954. The first-order valence-electron chi connectivity index (χ1n) is 11.7. The second kappa shape index (κ2) is 12.3. The minimum atomic E-state index is -0.823. The van der Waals surface area contributed by atoms with Crippen molar-refractivity contribution >= 4 is 17.5 Å². The van der Waals surface area contributed by atoms with Gasteiger partial charge in [0.15, 0.2) is 0 Å². The number of benzene rings is 3. The zero-order valence-corrected chi connectivity index (χ0v) is 21.1. The van der Waals surface area contributed by atoms with Gasteiger partial charge in [-0.2, -0.15) is 0 Å². The number of β-amino-alcohol motifs (C(OH)–C–C–N with tert-alkyl or cyclic N) is 1. The molecular formula is C28H32ClFN2O4. The molecule has 0 saturated heterocycles. The maximum atomic E-state index is 13.9. The summed E-state index contributed by atoms with van der Waals surface area (Å²) in [5, 5.41) is 36.2. The van der Waals surface area contributed by atoms with Crippen molar-refractivity contribution in [2.75, 3.05) is 13.1 Å². The fraction of sp³-hybridized carbons (Fsp3) is 0.321. The Balaban J connectivity index is 1.55. The second-order valence-electron chi connectivity index (χ2n) is 9.45. The Morgan fingerprint density at radius 2 is 1.86 bits per heavy atom. The average Bonchev–Trinajstić information content (AvgIpc) is 2.84. The van der Waals surface area contributed by atoms with Gasteiger partial charge in [-0.3, -0.25) is 4.79 Å². The highest BCUT2D eigenvalue weighted by Crippen LogP contribution is 2.23. The molecule has 1 amide bonds. The lowest BCUT2D eigenvalue weighted by Crippen LogP contribution is -2.43. The number of aromatic hydroxyl groups is 1. The van der Waals surface area contributed by atoms with Gasteiger partial charge >= 0.3 is 0 Å². The first kappa shape index (κ1) is 27.6. The minimum absolute atomic E-state index is 0.0118. The Bertz CT molecular complexity index is 1200. The van der Waals surface area contributed by atoms with Gasteiger partial charge in [-0.05, 0) is 85.8 Å². The van der Waals surface area contributed by atoms with Crippen molar-refractivity contribution in [2.45, 2.75) is 44.9 Å². The SMILES string of the molecule is CC(C)(Cc1cccc(C(=O)NCCc2cc(Cl)ccc2F)c1)NC[C@H](O)c1ccc(O)c(CO)c1. The number of carbonyl (C=O) groups is 1. The number of phenols is 1. The molecule has 0 fully saturated rings. The highest BCUT2D eigenvalue weighted by Gasteiger charge is 2.21.